The lowest BCUT2D eigenvalue weighted by Gasteiger charge is -2.08. The average molecular weight is 307 g/mol. The SMILES string of the molecule is [2H]c1c(CS(=O)(=O)N([2H])C([2H])([2H])[2H])c([2H])c2c(C([2H])([2H])C([2H])([2H])N(C)C)cn([2H])c2c1[2H]. The molecule has 2 rings (SSSR count). The Bertz CT molecular complexity index is 1160. The van der Waals surface area contributed by atoms with Gasteiger partial charge in [-0.15, -0.1) is 0 Å². The van der Waals surface area contributed by atoms with Crippen molar-refractivity contribution >= 4 is 20.9 Å². The molecule has 2 aromatic rings. The van der Waals surface area contributed by atoms with E-state index in [9.17, 15) is 8.42 Å². The Balaban J connectivity index is 2.88. The second-order valence-corrected chi connectivity index (χ2v) is 5.83. The van der Waals surface area contributed by atoms with E-state index in [-0.39, 0.29) is 0 Å². The largest absolute Gasteiger partial charge is 0.361 e. The molecule has 110 valence electrons. The molecule has 0 atom stereocenters. The van der Waals surface area contributed by atoms with Gasteiger partial charge in [-0.3, -0.25) is 0 Å². The van der Waals surface area contributed by atoms with Crippen molar-refractivity contribution in [1.29, 1.82) is 0 Å². The van der Waals surface area contributed by atoms with E-state index in [0.717, 1.165) is 11.1 Å². The van der Waals surface area contributed by atoms with Crippen LogP contribution in [-0.2, 0) is 22.1 Å². The summed E-state index contributed by atoms with van der Waals surface area (Å²) in [6.45, 7) is -6.01. The van der Waals surface area contributed by atoms with E-state index in [1.54, 1.807) is 0 Å². The summed E-state index contributed by atoms with van der Waals surface area (Å²) in [6, 6.07) is -2.31. The van der Waals surface area contributed by atoms with Gasteiger partial charge in [-0.25, -0.2) is 13.1 Å². The third-order valence-electron chi connectivity index (χ3n) is 2.32. The number of H-pyrrole nitrogens is 1. The molecule has 0 fully saturated rings. The first-order chi connectivity index (χ1) is 14.2. The summed E-state index contributed by atoms with van der Waals surface area (Å²) in [5.41, 5.74) is -1.59. The number of sulfonamides is 1. The molecule has 2 N–H and O–H groups in total. The number of nitrogens with one attached hydrogen (secondary N) is 2. The molecule has 0 aliphatic heterocycles. The Kier molecular flexibility index (Phi) is 1.72. The molecule has 0 aliphatic rings. The van der Waals surface area contributed by atoms with Crippen LogP contribution in [0.5, 0.6) is 0 Å². The molecule has 0 saturated heterocycles. The Labute approximate surface area is 137 Å². The van der Waals surface area contributed by atoms with E-state index in [4.69, 9.17) is 16.5 Å². The molecule has 0 aliphatic carbocycles. The van der Waals surface area contributed by atoms with E-state index in [0.29, 0.717) is 4.98 Å². The van der Waals surface area contributed by atoms with Crippen LogP contribution in [0.25, 0.3) is 10.9 Å². The highest BCUT2D eigenvalue weighted by atomic mass is 32.2. The van der Waals surface area contributed by atoms with Crippen LogP contribution in [0.15, 0.2) is 24.3 Å². The molecule has 1 heterocycles. The van der Waals surface area contributed by atoms with E-state index in [1.807, 2.05) is 0 Å². The van der Waals surface area contributed by atoms with Gasteiger partial charge in [0.15, 0.2) is 1.41 Å². The molecule has 6 heteroatoms. The summed E-state index contributed by atoms with van der Waals surface area (Å²) in [4.78, 5) is 1.44. The maximum absolute atomic E-state index is 12.4. The lowest BCUT2D eigenvalue weighted by atomic mass is 10.1. The Morgan fingerprint density at radius 2 is 2.40 bits per heavy atom. The summed E-state index contributed by atoms with van der Waals surface area (Å²) in [7, 11) is -2.36. The maximum Gasteiger partial charge on any atom is 0.215 e. The van der Waals surface area contributed by atoms with E-state index < -0.39 is 80.5 Å². The predicted molar refractivity (Wildman–Crippen MR) is 82.2 cm³/mol. The number of rotatable bonds is 6. The molecule has 0 saturated carbocycles. The summed E-state index contributed by atoms with van der Waals surface area (Å²) < 4.78 is 118. The van der Waals surface area contributed by atoms with Crippen LogP contribution in [0.1, 0.15) is 24.8 Å². The van der Waals surface area contributed by atoms with Gasteiger partial charge in [0.05, 0.1) is 9.87 Å². The van der Waals surface area contributed by atoms with Crippen LogP contribution in [-0.4, -0.2) is 45.9 Å². The van der Waals surface area contributed by atoms with Crippen molar-refractivity contribution in [3.63, 3.8) is 0 Å². The topological polar surface area (TPSA) is 65.2 Å². The molecule has 0 radical (unpaired) electrons. The number of aromatic amines is 1. The normalized spacial score (nSPS) is 23.4. The monoisotopic (exact) mass is 307 g/mol. The summed E-state index contributed by atoms with van der Waals surface area (Å²) in [5.74, 6) is -1.30. The molecule has 5 nitrogen and oxygen atoms in total. The predicted octanol–water partition coefficient (Wildman–Crippen LogP) is 1.32. The van der Waals surface area contributed by atoms with Gasteiger partial charge in [0.25, 0.3) is 0 Å². The second-order valence-electron chi connectivity index (χ2n) is 4.20. The van der Waals surface area contributed by atoms with Crippen LogP contribution < -0.4 is 4.72 Å². The van der Waals surface area contributed by atoms with Gasteiger partial charge in [-0.2, -0.15) is 0 Å². The standard InChI is InChI=1S/C14H21N3O2S/c1-15-20(18,19)10-11-4-5-14-13(8-11)12(9-16-14)6-7-17(2)3/h4-5,8-9,15-16H,6-7,10H2,1-3H3/i1D3,4D,5D,6D2,7D2,8D/hD2. The lowest BCUT2D eigenvalue weighted by Crippen LogP contribution is -2.20. The molecule has 0 unspecified atom stereocenters. The minimum atomic E-state index is -4.90. The van der Waals surface area contributed by atoms with Crippen molar-refractivity contribution in [2.45, 2.75) is 12.1 Å². The first-order valence-corrected chi connectivity index (χ1v) is 7.13. The summed E-state index contributed by atoms with van der Waals surface area (Å²) >= 11 is 0. The van der Waals surface area contributed by atoms with E-state index >= 15 is 0 Å². The second kappa shape index (κ2) is 5.95. The maximum atomic E-state index is 12.4. The van der Waals surface area contributed by atoms with Crippen LogP contribution >= 0.6 is 0 Å². The Hall–Kier alpha value is -1.37. The first-order valence-electron chi connectivity index (χ1n) is 11.4. The Morgan fingerprint density at radius 1 is 1.60 bits per heavy atom. The van der Waals surface area contributed by atoms with Crippen LogP contribution in [0.2, 0.25) is 2.82 Å². The number of hydrogen-bond donors (Lipinski definition) is 2. The van der Waals surface area contributed by atoms with E-state index in [1.165, 1.54) is 14.1 Å². The highest BCUT2D eigenvalue weighted by Gasteiger charge is 2.11. The fraction of sp³-hybridized carbons (Fsp3) is 0.429. The zero-order valence-electron chi connectivity index (χ0n) is 22.9. The molecular formula is C14H21N3O2S. The fourth-order valence-electron chi connectivity index (χ4n) is 1.48. The average Bonchev–Trinajstić information content (AvgIpc) is 3.00. The third-order valence-corrected chi connectivity index (χ3v) is 3.25. The van der Waals surface area contributed by atoms with Gasteiger partial charge in [0.2, 0.25) is 10.0 Å². The van der Waals surface area contributed by atoms with E-state index in [2.05, 4.69) is 0 Å². The number of benzene rings is 1. The molecule has 1 aromatic heterocycles. The van der Waals surface area contributed by atoms with Crippen molar-refractivity contribution in [2.24, 2.45) is 0 Å². The van der Waals surface area contributed by atoms with Crippen LogP contribution in [0.3, 0.4) is 0 Å². The minimum Gasteiger partial charge on any atom is -0.361 e. The van der Waals surface area contributed by atoms with Gasteiger partial charge >= 0.3 is 0 Å². The van der Waals surface area contributed by atoms with Crippen LogP contribution in [0, 0.1) is 0 Å². The first kappa shape index (κ1) is 5.79. The number of fused-ring (bicyclic) bond motifs is 1. The molecule has 1 aromatic carbocycles. The van der Waals surface area contributed by atoms with Crippen molar-refractivity contribution in [1.82, 2.24) is 14.6 Å². The van der Waals surface area contributed by atoms with Gasteiger partial charge in [0.1, 0.15) is 1.41 Å². The van der Waals surface area contributed by atoms with Gasteiger partial charge in [-0.1, -0.05) is 6.04 Å². The smallest absolute Gasteiger partial charge is 0.215 e. The molecule has 20 heavy (non-hydrogen) atoms. The summed E-state index contributed by atoms with van der Waals surface area (Å²) in [6.07, 6.45) is -2.00. The van der Waals surface area contributed by atoms with Gasteiger partial charge in [-0.05, 0) is 50.7 Å². The minimum absolute atomic E-state index is 0.409. The number of likely N-dealkylation sites (N-methyl/N-ethyl adjacent to an activating group) is 1. The van der Waals surface area contributed by atoms with Gasteiger partial charge in [0, 0.05) is 33.2 Å². The zero-order chi connectivity index (χ0) is 25.2. The molecular weight excluding hydrogens is 274 g/mol. The number of nitrogens with zero attached hydrogens (tertiary/aromatic N) is 1. The van der Waals surface area contributed by atoms with Crippen molar-refractivity contribution in [3.05, 3.63) is 35.5 Å². The van der Waals surface area contributed by atoms with Crippen LogP contribution in [0.4, 0.5) is 0 Å². The van der Waals surface area contributed by atoms with Crippen molar-refractivity contribution in [3.8, 4) is 0 Å². The highest BCUT2D eigenvalue weighted by molar-refractivity contribution is 7.88. The Morgan fingerprint density at radius 3 is 3.10 bits per heavy atom. The third kappa shape index (κ3) is 3.59. The van der Waals surface area contributed by atoms with Crippen molar-refractivity contribution in [2.75, 3.05) is 27.6 Å². The van der Waals surface area contributed by atoms with Gasteiger partial charge < -0.3 is 9.88 Å². The lowest BCUT2D eigenvalue weighted by molar-refractivity contribution is 0.414. The van der Waals surface area contributed by atoms with Crippen molar-refractivity contribution < 1.29 is 24.9 Å². The zero-order valence-corrected chi connectivity index (χ0v) is 11.7. The molecule has 0 amide bonds. The summed E-state index contributed by atoms with van der Waals surface area (Å²) in [5, 5.41) is -0.452. The quantitative estimate of drug-likeness (QED) is 0.846. The highest BCUT2D eigenvalue weighted by Crippen LogP contribution is 2.21. The molecule has 0 spiro atoms. The number of aromatic nitrogens is 1. The molecule has 0 bridgehead atoms. The fourth-order valence-corrected chi connectivity index (χ4v) is 2.05. The number of aryl methyl sites for hydroxylation is 1. The number of hydrogen-bond acceptors (Lipinski definition) is 3.